The van der Waals surface area contributed by atoms with Crippen LogP contribution in [0.25, 0.3) is 0 Å². The molecule has 1 aliphatic rings. The lowest BCUT2D eigenvalue weighted by Crippen LogP contribution is -2.31. The second-order valence-corrected chi connectivity index (χ2v) is 11.4. The Hall–Kier alpha value is -4.30. The van der Waals surface area contributed by atoms with Crippen LogP contribution in [-0.2, 0) is 32.7 Å². The number of hydrogen-bond acceptors (Lipinski definition) is 10. The number of nitrogens with one attached hydrogen (secondary N) is 2. The number of carbonyl (C=O) groups excluding carboxylic acids is 2. The van der Waals surface area contributed by atoms with Gasteiger partial charge in [0.2, 0.25) is 17.0 Å². The lowest BCUT2D eigenvalue weighted by molar-refractivity contribution is -0.245. The molecule has 0 aliphatic carbocycles. The van der Waals surface area contributed by atoms with E-state index in [-0.39, 0.29) is 43.5 Å². The zero-order chi connectivity index (χ0) is 30.9. The van der Waals surface area contributed by atoms with Crippen LogP contribution in [0.15, 0.2) is 78.0 Å². The molecule has 1 fully saturated rings. The van der Waals surface area contributed by atoms with Gasteiger partial charge in [0, 0.05) is 43.3 Å². The first-order chi connectivity index (χ1) is 21.4. The van der Waals surface area contributed by atoms with Crippen molar-refractivity contribution in [3.05, 3.63) is 89.5 Å². The third kappa shape index (κ3) is 8.41. The van der Waals surface area contributed by atoms with Gasteiger partial charge >= 0.3 is 0 Å². The Morgan fingerprint density at radius 3 is 2.36 bits per heavy atom. The molecule has 0 saturated carbocycles. The van der Waals surface area contributed by atoms with Gasteiger partial charge in [-0.1, -0.05) is 60.3 Å². The molecule has 0 radical (unpaired) electrons. The van der Waals surface area contributed by atoms with Crippen LogP contribution in [0.5, 0.6) is 0 Å². The number of thioether (sulfide) groups is 1. The summed E-state index contributed by atoms with van der Waals surface area (Å²) in [7, 11) is 1.79. The van der Waals surface area contributed by atoms with Crippen molar-refractivity contribution in [3.63, 3.8) is 0 Å². The number of para-hydroxylation sites is 2. The summed E-state index contributed by atoms with van der Waals surface area (Å²) in [6, 6.07) is 22.1. The Bertz CT molecular complexity index is 1550. The number of ether oxygens (including phenoxy) is 2. The molecule has 2 heterocycles. The number of carbonyl (C=O) groups is 2. The van der Waals surface area contributed by atoms with Crippen LogP contribution in [-0.4, -0.2) is 49.0 Å². The number of benzene rings is 3. The quantitative estimate of drug-likeness (QED) is 0.132. The van der Waals surface area contributed by atoms with E-state index in [4.69, 9.17) is 15.2 Å². The first-order valence-electron chi connectivity index (χ1n) is 14.3. The van der Waals surface area contributed by atoms with Crippen LogP contribution in [0.1, 0.15) is 54.8 Å². The standard InChI is InChI=1S/C31H35N7O5S/c1-38-31(35-36-37-38)44-19-24-17-27(21-11-9-20(18-39)10-12-21)43-30(42-24)22-13-15-23(16-14-22)33-28(40)7-4-8-29(41)34-26-6-3-2-5-25(26)32/h2-3,5-6,9-16,24,27,30,39H,4,7-8,17-19,32H2,1H3,(H,33,40)(H,34,41)/t24-,27+,30+/m1/s1. The zero-order valence-corrected chi connectivity index (χ0v) is 25.1. The predicted molar refractivity (Wildman–Crippen MR) is 166 cm³/mol. The molecule has 12 nitrogen and oxygen atoms in total. The van der Waals surface area contributed by atoms with E-state index in [0.717, 1.165) is 16.7 Å². The van der Waals surface area contributed by atoms with Gasteiger partial charge in [0.05, 0.1) is 30.2 Å². The maximum atomic E-state index is 12.5. The molecule has 0 bridgehead atoms. The maximum Gasteiger partial charge on any atom is 0.224 e. The zero-order valence-electron chi connectivity index (χ0n) is 24.3. The minimum absolute atomic E-state index is 0.0232. The van der Waals surface area contributed by atoms with E-state index < -0.39 is 6.29 Å². The van der Waals surface area contributed by atoms with Crippen molar-refractivity contribution in [3.8, 4) is 0 Å². The smallest absolute Gasteiger partial charge is 0.224 e. The minimum atomic E-state index is -0.628. The summed E-state index contributed by atoms with van der Waals surface area (Å²) in [6.07, 6.45) is 0.442. The van der Waals surface area contributed by atoms with Crippen molar-refractivity contribution in [2.45, 2.75) is 55.9 Å². The lowest BCUT2D eigenvalue weighted by Gasteiger charge is -2.36. The molecule has 0 spiro atoms. The third-order valence-corrected chi connectivity index (χ3v) is 8.25. The van der Waals surface area contributed by atoms with Gasteiger partial charge in [-0.15, -0.1) is 5.10 Å². The summed E-state index contributed by atoms with van der Waals surface area (Å²) < 4.78 is 14.4. The summed E-state index contributed by atoms with van der Waals surface area (Å²) in [5.41, 5.74) is 10.2. The van der Waals surface area contributed by atoms with Gasteiger partial charge in [-0.05, 0) is 52.2 Å². The second-order valence-electron chi connectivity index (χ2n) is 10.4. The first kappa shape index (κ1) is 31.1. The highest BCUT2D eigenvalue weighted by Gasteiger charge is 2.32. The Labute approximate surface area is 259 Å². The number of tetrazole rings is 1. The number of aliphatic hydroxyl groups is 1. The van der Waals surface area contributed by atoms with E-state index >= 15 is 0 Å². The number of nitrogen functional groups attached to an aromatic ring is 1. The molecule has 5 rings (SSSR count). The van der Waals surface area contributed by atoms with E-state index in [0.29, 0.717) is 40.8 Å². The van der Waals surface area contributed by atoms with Gasteiger partial charge in [0.25, 0.3) is 0 Å². The normalized spacial score (nSPS) is 18.1. The molecule has 3 atom stereocenters. The molecule has 1 aliphatic heterocycles. The van der Waals surface area contributed by atoms with Gasteiger partial charge in [0.1, 0.15) is 0 Å². The predicted octanol–water partition coefficient (Wildman–Crippen LogP) is 4.37. The summed E-state index contributed by atoms with van der Waals surface area (Å²) in [4.78, 5) is 24.8. The molecule has 1 saturated heterocycles. The Kier molecular flexibility index (Phi) is 10.6. The van der Waals surface area contributed by atoms with Crippen LogP contribution < -0.4 is 16.4 Å². The number of nitrogens with two attached hydrogens (primary N) is 1. The fourth-order valence-corrected chi connectivity index (χ4v) is 5.58. The van der Waals surface area contributed by atoms with Crippen molar-refractivity contribution in [1.29, 1.82) is 0 Å². The largest absolute Gasteiger partial charge is 0.397 e. The average Bonchev–Trinajstić information content (AvgIpc) is 3.45. The number of amides is 2. The Balaban J connectivity index is 1.16. The molecular weight excluding hydrogens is 582 g/mol. The first-order valence-corrected chi connectivity index (χ1v) is 15.3. The summed E-state index contributed by atoms with van der Waals surface area (Å²) >= 11 is 1.51. The number of aliphatic hydroxyl groups excluding tert-OH is 1. The van der Waals surface area contributed by atoms with Crippen LogP contribution in [0, 0.1) is 0 Å². The fraction of sp³-hybridized carbons (Fsp3) is 0.323. The molecule has 5 N–H and O–H groups in total. The number of hydrogen-bond donors (Lipinski definition) is 4. The van der Waals surface area contributed by atoms with Gasteiger partial charge in [-0.2, -0.15) is 0 Å². The molecule has 1 aromatic heterocycles. The topological polar surface area (TPSA) is 167 Å². The highest BCUT2D eigenvalue weighted by atomic mass is 32.2. The number of aromatic nitrogens is 4. The summed E-state index contributed by atoms with van der Waals surface area (Å²) in [5, 5.41) is 27.4. The van der Waals surface area contributed by atoms with Gasteiger partial charge < -0.3 is 30.9 Å². The minimum Gasteiger partial charge on any atom is -0.397 e. The number of aryl methyl sites for hydroxylation is 1. The van der Waals surface area contributed by atoms with Crippen molar-refractivity contribution < 1.29 is 24.2 Å². The SMILES string of the molecule is Cn1nnnc1SC[C@H]1C[C@@H](c2ccc(CO)cc2)O[C@@H](c2ccc(NC(=O)CCCC(=O)Nc3ccccc3N)cc2)O1. The number of anilines is 3. The van der Waals surface area contributed by atoms with Crippen molar-refractivity contribution in [2.75, 3.05) is 22.1 Å². The number of rotatable bonds is 12. The van der Waals surface area contributed by atoms with E-state index in [1.165, 1.54) is 11.8 Å². The van der Waals surface area contributed by atoms with Crippen molar-refractivity contribution in [1.82, 2.24) is 20.2 Å². The highest BCUT2D eigenvalue weighted by Crippen LogP contribution is 2.39. The van der Waals surface area contributed by atoms with Crippen molar-refractivity contribution >= 4 is 40.6 Å². The van der Waals surface area contributed by atoms with Gasteiger partial charge in [-0.25, -0.2) is 4.68 Å². The molecule has 13 heteroatoms. The molecule has 2 amide bonds. The van der Waals surface area contributed by atoms with E-state index in [1.54, 1.807) is 48.1 Å². The molecule has 230 valence electrons. The molecule has 4 aromatic rings. The van der Waals surface area contributed by atoms with E-state index in [9.17, 15) is 14.7 Å². The average molecular weight is 618 g/mol. The van der Waals surface area contributed by atoms with Crippen LogP contribution in [0.2, 0.25) is 0 Å². The highest BCUT2D eigenvalue weighted by molar-refractivity contribution is 7.99. The molecule has 3 aromatic carbocycles. The second kappa shape index (κ2) is 14.9. The van der Waals surface area contributed by atoms with Gasteiger partial charge in [0.15, 0.2) is 6.29 Å². The molecule has 0 unspecified atom stereocenters. The molecule has 44 heavy (non-hydrogen) atoms. The third-order valence-electron chi connectivity index (χ3n) is 7.10. The fourth-order valence-electron chi connectivity index (χ4n) is 4.71. The Morgan fingerprint density at radius 2 is 1.68 bits per heavy atom. The molecular formula is C31H35N7O5S. The summed E-state index contributed by atoms with van der Waals surface area (Å²) in [6.45, 7) is -0.0232. The van der Waals surface area contributed by atoms with Crippen LogP contribution in [0.4, 0.5) is 17.1 Å². The number of nitrogens with zero attached hydrogens (tertiary/aromatic N) is 4. The van der Waals surface area contributed by atoms with Crippen LogP contribution in [0.3, 0.4) is 0 Å². The van der Waals surface area contributed by atoms with Crippen molar-refractivity contribution in [2.24, 2.45) is 7.05 Å². The van der Waals surface area contributed by atoms with Gasteiger partial charge in [-0.3, -0.25) is 9.59 Å². The van der Waals surface area contributed by atoms with Crippen LogP contribution >= 0.6 is 11.8 Å². The monoisotopic (exact) mass is 617 g/mol. The van der Waals surface area contributed by atoms with E-state index in [1.807, 2.05) is 36.4 Å². The maximum absolute atomic E-state index is 12.5. The lowest BCUT2D eigenvalue weighted by atomic mass is 10.0. The summed E-state index contributed by atoms with van der Waals surface area (Å²) in [5.74, 6) is 0.251. The Morgan fingerprint density at radius 1 is 0.977 bits per heavy atom. The van der Waals surface area contributed by atoms with E-state index in [2.05, 4.69) is 26.2 Å².